The molecule has 1 aliphatic rings. The molecule has 1 aromatic heterocycles. The molecule has 184 valence electrons. The zero-order valence-electron chi connectivity index (χ0n) is 18.2. The van der Waals surface area contributed by atoms with Crippen molar-refractivity contribution in [3.63, 3.8) is 0 Å². The van der Waals surface area contributed by atoms with Crippen LogP contribution in [0.3, 0.4) is 0 Å². The number of phenols is 1. The Balaban J connectivity index is 1.58. The molecule has 0 saturated carbocycles. The Morgan fingerprint density at radius 2 is 1.92 bits per heavy atom. The van der Waals surface area contributed by atoms with E-state index in [0.717, 1.165) is 6.20 Å². The number of carbonyl (C=O) groups is 2. The summed E-state index contributed by atoms with van der Waals surface area (Å²) >= 11 is 0. The van der Waals surface area contributed by atoms with Crippen LogP contribution in [0.1, 0.15) is 12.6 Å². The first kappa shape index (κ1) is 24.1. The van der Waals surface area contributed by atoms with Gasteiger partial charge in [-0.3, -0.25) is 10.2 Å². The summed E-state index contributed by atoms with van der Waals surface area (Å²) in [6.45, 7) is 1.41. The molecule has 3 N–H and O–H groups in total. The molecule has 3 aromatic rings. The monoisotopic (exact) mass is 500 g/mol. The number of hydrazone groups is 2. The van der Waals surface area contributed by atoms with E-state index in [0.29, 0.717) is 22.2 Å². The van der Waals surface area contributed by atoms with Crippen molar-refractivity contribution in [2.24, 2.45) is 10.2 Å². The maximum atomic E-state index is 13.0. The van der Waals surface area contributed by atoms with E-state index in [9.17, 15) is 27.9 Å². The molecule has 0 saturated heterocycles. The average molecular weight is 500 g/mol. The lowest BCUT2D eigenvalue weighted by Crippen LogP contribution is -2.29. The lowest BCUT2D eigenvalue weighted by Gasteiger charge is -2.12. The van der Waals surface area contributed by atoms with Crippen LogP contribution in [0.2, 0.25) is 0 Å². The molecule has 1 amide bonds. The number of nitrogens with one attached hydrogen (secondary N) is 1. The number of aromatic hydroxyl groups is 1. The van der Waals surface area contributed by atoms with E-state index in [1.807, 2.05) is 0 Å². The highest BCUT2D eigenvalue weighted by Gasteiger charge is 2.36. The molecular formula is C22H15F3N6O5. The Morgan fingerprint density at radius 1 is 1.17 bits per heavy atom. The number of ether oxygens (including phenoxy) is 1. The molecule has 4 rings (SSSR count). The lowest BCUT2D eigenvalue weighted by molar-refractivity contribution is -0.141. The number of carboxylic acid groups (broad SMARTS) is 1. The summed E-state index contributed by atoms with van der Waals surface area (Å²) in [6, 6.07) is 11.2. The second-order valence-corrected chi connectivity index (χ2v) is 7.21. The van der Waals surface area contributed by atoms with Gasteiger partial charge in [-0.25, -0.2) is 14.8 Å². The largest absolute Gasteiger partial charge is 0.511 e. The van der Waals surface area contributed by atoms with Crippen LogP contribution in [-0.4, -0.2) is 43.7 Å². The Hall–Kier alpha value is -5.01. The second kappa shape index (κ2) is 9.32. The van der Waals surface area contributed by atoms with E-state index in [1.165, 1.54) is 31.2 Å². The van der Waals surface area contributed by atoms with Gasteiger partial charge in [-0.2, -0.15) is 28.4 Å². The molecule has 0 unspecified atom stereocenters. The van der Waals surface area contributed by atoms with E-state index in [-0.39, 0.29) is 28.6 Å². The number of carbonyl (C=O) groups excluding carboxylic acids is 1. The quantitative estimate of drug-likeness (QED) is 0.205. The van der Waals surface area contributed by atoms with Gasteiger partial charge in [0.2, 0.25) is 0 Å². The molecule has 11 nitrogen and oxygen atoms in total. The van der Waals surface area contributed by atoms with Crippen LogP contribution in [0.5, 0.6) is 11.5 Å². The molecule has 0 fully saturated rings. The van der Waals surface area contributed by atoms with Crippen LogP contribution in [-0.2, 0) is 11.0 Å². The minimum absolute atomic E-state index is 0.0401. The third-order valence-electron chi connectivity index (χ3n) is 4.78. The summed E-state index contributed by atoms with van der Waals surface area (Å²) < 4.78 is 43.5. The maximum absolute atomic E-state index is 13.0. The fourth-order valence-electron chi connectivity index (χ4n) is 3.18. The highest BCUT2D eigenvalue weighted by molar-refractivity contribution is 6.71. The van der Waals surface area contributed by atoms with E-state index in [2.05, 4.69) is 30.3 Å². The molecule has 0 bridgehead atoms. The predicted molar refractivity (Wildman–Crippen MR) is 121 cm³/mol. The smallest absolute Gasteiger partial charge is 0.505 e. The van der Waals surface area contributed by atoms with Gasteiger partial charge in [0.25, 0.3) is 5.95 Å². The van der Waals surface area contributed by atoms with Gasteiger partial charge in [-0.1, -0.05) is 24.3 Å². The van der Waals surface area contributed by atoms with Crippen LogP contribution in [0.4, 0.5) is 29.6 Å². The van der Waals surface area contributed by atoms with Crippen molar-refractivity contribution in [3.05, 3.63) is 60.4 Å². The fraction of sp³-hybridized carbons (Fsp3) is 0.0909. The zero-order chi connectivity index (χ0) is 26.0. The molecule has 0 atom stereocenters. The van der Waals surface area contributed by atoms with Crippen LogP contribution in [0.25, 0.3) is 11.1 Å². The molecule has 14 heteroatoms. The normalized spacial score (nSPS) is 14.7. The van der Waals surface area contributed by atoms with Crippen molar-refractivity contribution < 1.29 is 37.7 Å². The van der Waals surface area contributed by atoms with Gasteiger partial charge in [0.1, 0.15) is 17.2 Å². The minimum Gasteiger partial charge on any atom is -0.505 e. The SMILES string of the molecule is CC1=NN(c2nccc(C(F)(F)F)n2)C(=O)C1=NNc1cccc(-c2cccc(OC(=O)O)c2)c1O. The first-order valence-corrected chi connectivity index (χ1v) is 10.0. The number of aromatic nitrogens is 2. The van der Waals surface area contributed by atoms with Crippen molar-refractivity contribution in [2.75, 3.05) is 10.4 Å². The van der Waals surface area contributed by atoms with Crippen molar-refractivity contribution in [1.29, 1.82) is 0 Å². The number of benzene rings is 2. The van der Waals surface area contributed by atoms with Gasteiger partial charge in [0.15, 0.2) is 5.71 Å². The lowest BCUT2D eigenvalue weighted by atomic mass is 10.0. The van der Waals surface area contributed by atoms with Gasteiger partial charge in [0, 0.05) is 11.8 Å². The third-order valence-corrected chi connectivity index (χ3v) is 4.78. The first-order chi connectivity index (χ1) is 17.0. The number of hydrogen-bond acceptors (Lipinski definition) is 9. The number of amides is 1. The van der Waals surface area contributed by atoms with Crippen LogP contribution < -0.4 is 15.2 Å². The van der Waals surface area contributed by atoms with Crippen molar-refractivity contribution >= 4 is 35.1 Å². The molecule has 0 radical (unpaired) electrons. The average Bonchev–Trinajstić information content (AvgIpc) is 3.11. The summed E-state index contributed by atoms with van der Waals surface area (Å²) in [5, 5.41) is 27.9. The van der Waals surface area contributed by atoms with Gasteiger partial charge in [-0.15, -0.1) is 0 Å². The standard InChI is InChI=1S/C22H15F3N6O5/c1-11-17(19(33)31(30-11)20-26-9-8-16(27-20)22(23,24)25)29-28-15-7-3-6-14(18(15)32)12-4-2-5-13(10-12)36-21(34)35/h2-10,28,32H,1H3,(H,34,35). The third kappa shape index (κ3) is 4.91. The Labute approximate surface area is 200 Å². The molecular weight excluding hydrogens is 485 g/mol. The highest BCUT2D eigenvalue weighted by atomic mass is 19.4. The molecule has 0 aliphatic carbocycles. The van der Waals surface area contributed by atoms with E-state index in [4.69, 9.17) is 5.11 Å². The summed E-state index contributed by atoms with van der Waals surface area (Å²) in [5.74, 6) is -1.69. The second-order valence-electron chi connectivity index (χ2n) is 7.21. The molecule has 2 heterocycles. The Kier molecular flexibility index (Phi) is 6.25. The van der Waals surface area contributed by atoms with Gasteiger partial charge < -0.3 is 14.9 Å². The van der Waals surface area contributed by atoms with E-state index < -0.39 is 29.9 Å². The number of nitrogens with zero attached hydrogens (tertiary/aromatic N) is 5. The molecule has 36 heavy (non-hydrogen) atoms. The van der Waals surface area contributed by atoms with Gasteiger partial charge in [-0.05, 0) is 36.8 Å². The first-order valence-electron chi connectivity index (χ1n) is 10.0. The van der Waals surface area contributed by atoms with E-state index in [1.54, 1.807) is 18.2 Å². The Bertz CT molecular complexity index is 1420. The number of rotatable bonds is 5. The number of alkyl halides is 3. The number of hydrogen-bond donors (Lipinski definition) is 3. The number of phenolic OH excluding ortho intramolecular Hbond substituents is 1. The number of anilines is 2. The highest BCUT2D eigenvalue weighted by Crippen LogP contribution is 2.37. The van der Waals surface area contributed by atoms with Crippen LogP contribution >= 0.6 is 0 Å². The van der Waals surface area contributed by atoms with Crippen molar-refractivity contribution in [1.82, 2.24) is 9.97 Å². The Morgan fingerprint density at radius 3 is 2.64 bits per heavy atom. The van der Waals surface area contributed by atoms with Crippen molar-refractivity contribution in [3.8, 4) is 22.6 Å². The van der Waals surface area contributed by atoms with E-state index >= 15 is 0 Å². The fourth-order valence-corrected chi connectivity index (χ4v) is 3.18. The molecule has 2 aromatic carbocycles. The van der Waals surface area contributed by atoms with Crippen LogP contribution in [0.15, 0.2) is 64.9 Å². The summed E-state index contributed by atoms with van der Waals surface area (Å²) in [7, 11) is 0. The maximum Gasteiger partial charge on any atom is 0.511 e. The predicted octanol–water partition coefficient (Wildman–Crippen LogP) is 4.12. The molecule has 1 aliphatic heterocycles. The number of halogens is 3. The van der Waals surface area contributed by atoms with Crippen LogP contribution in [0, 0.1) is 0 Å². The van der Waals surface area contributed by atoms with Crippen molar-refractivity contribution in [2.45, 2.75) is 13.1 Å². The topological polar surface area (TPSA) is 150 Å². The summed E-state index contributed by atoms with van der Waals surface area (Å²) in [6.07, 6.45) is -5.37. The molecule has 0 spiro atoms. The number of para-hydroxylation sites is 1. The van der Waals surface area contributed by atoms with Gasteiger partial charge >= 0.3 is 18.2 Å². The summed E-state index contributed by atoms with van der Waals surface area (Å²) in [5.41, 5.74) is 1.96. The van der Waals surface area contributed by atoms with Gasteiger partial charge in [0.05, 0.1) is 11.4 Å². The summed E-state index contributed by atoms with van der Waals surface area (Å²) in [4.78, 5) is 30.6. The minimum atomic E-state index is -4.74. The zero-order valence-corrected chi connectivity index (χ0v) is 18.2.